The third kappa shape index (κ3) is 4.96. The van der Waals surface area contributed by atoms with Gasteiger partial charge < -0.3 is 5.32 Å². The topological polar surface area (TPSA) is 71.1 Å². The predicted octanol–water partition coefficient (Wildman–Crippen LogP) is 2.32. The van der Waals surface area contributed by atoms with Crippen molar-refractivity contribution in [3.63, 3.8) is 0 Å². The van der Waals surface area contributed by atoms with Crippen LogP contribution >= 0.6 is 11.8 Å². The molecule has 1 aromatic rings. The van der Waals surface area contributed by atoms with Gasteiger partial charge in [-0.2, -0.15) is 11.8 Å². The van der Waals surface area contributed by atoms with Gasteiger partial charge in [-0.05, 0) is 38.7 Å². The van der Waals surface area contributed by atoms with Crippen molar-refractivity contribution >= 4 is 27.5 Å². The summed E-state index contributed by atoms with van der Waals surface area (Å²) in [6.45, 7) is 7.09. The summed E-state index contributed by atoms with van der Waals surface area (Å²) in [4.78, 5) is 4.01. The fourth-order valence-corrected chi connectivity index (χ4v) is 3.03. The molecule has 0 bridgehead atoms. The molecule has 0 radical (unpaired) electrons. The smallest absolute Gasteiger partial charge is 0.260 e. The zero-order valence-electron chi connectivity index (χ0n) is 12.4. The summed E-state index contributed by atoms with van der Waals surface area (Å²) >= 11 is 1.62. The van der Waals surface area contributed by atoms with Gasteiger partial charge in [-0.3, -0.25) is 0 Å². The lowest BCUT2D eigenvalue weighted by Crippen LogP contribution is -2.36. The van der Waals surface area contributed by atoms with Crippen molar-refractivity contribution in [2.75, 3.05) is 24.7 Å². The molecule has 0 atom stereocenters. The lowest BCUT2D eigenvalue weighted by atomic mass is 10.2. The first-order chi connectivity index (χ1) is 9.32. The van der Waals surface area contributed by atoms with Gasteiger partial charge in [0.25, 0.3) is 10.0 Å². The van der Waals surface area contributed by atoms with Crippen LogP contribution in [0.15, 0.2) is 23.4 Å². The Morgan fingerprint density at radius 3 is 2.70 bits per heavy atom. The minimum Gasteiger partial charge on any atom is -0.383 e. The van der Waals surface area contributed by atoms with Crippen molar-refractivity contribution in [2.45, 2.75) is 37.0 Å². The van der Waals surface area contributed by atoms with E-state index in [4.69, 9.17) is 0 Å². The van der Waals surface area contributed by atoms with E-state index in [1.807, 2.05) is 27.0 Å². The summed E-state index contributed by atoms with van der Waals surface area (Å²) in [6.07, 6.45) is 4.37. The Bertz CT molecular complexity index is 530. The average molecular weight is 317 g/mol. The van der Waals surface area contributed by atoms with Gasteiger partial charge in [-0.15, -0.1) is 0 Å². The van der Waals surface area contributed by atoms with Crippen molar-refractivity contribution in [3.8, 4) is 0 Å². The first-order valence-electron chi connectivity index (χ1n) is 6.56. The standard InChI is InChI=1S/C13H23N3O2S2/c1-5-8-14-11-7-6-9-15-12(11)20(17,18)16-10-13(2,3)19-4/h6-7,9,14,16H,5,8,10H2,1-4H3. The summed E-state index contributed by atoms with van der Waals surface area (Å²) in [6, 6.07) is 3.46. The van der Waals surface area contributed by atoms with Crippen LogP contribution in [0.4, 0.5) is 5.69 Å². The molecule has 0 aromatic carbocycles. The van der Waals surface area contributed by atoms with E-state index in [9.17, 15) is 8.42 Å². The lowest BCUT2D eigenvalue weighted by Gasteiger charge is -2.22. The van der Waals surface area contributed by atoms with E-state index >= 15 is 0 Å². The number of nitrogens with zero attached hydrogens (tertiary/aromatic N) is 1. The van der Waals surface area contributed by atoms with Crippen LogP contribution in [0.25, 0.3) is 0 Å². The normalized spacial score (nSPS) is 12.4. The third-order valence-electron chi connectivity index (χ3n) is 2.83. The first-order valence-corrected chi connectivity index (χ1v) is 9.27. The number of hydrogen-bond donors (Lipinski definition) is 2. The SMILES string of the molecule is CCCNc1cccnc1S(=O)(=O)NCC(C)(C)SC. The van der Waals surface area contributed by atoms with E-state index in [-0.39, 0.29) is 9.77 Å². The molecule has 7 heteroatoms. The third-order valence-corrected chi connectivity index (χ3v) is 5.44. The predicted molar refractivity (Wildman–Crippen MR) is 85.8 cm³/mol. The molecule has 114 valence electrons. The molecule has 5 nitrogen and oxygen atoms in total. The van der Waals surface area contributed by atoms with Crippen LogP contribution < -0.4 is 10.0 Å². The number of thioether (sulfide) groups is 1. The van der Waals surface area contributed by atoms with Crippen LogP contribution in [0.1, 0.15) is 27.2 Å². The molecular formula is C13H23N3O2S2. The minimum atomic E-state index is -3.60. The zero-order chi connectivity index (χ0) is 15.2. The maximum absolute atomic E-state index is 12.4. The molecule has 0 spiro atoms. The molecule has 2 N–H and O–H groups in total. The summed E-state index contributed by atoms with van der Waals surface area (Å²) in [7, 11) is -3.60. The number of rotatable bonds is 8. The second-order valence-corrected chi connectivity index (χ2v) is 8.27. The lowest BCUT2D eigenvalue weighted by molar-refractivity contribution is 0.567. The van der Waals surface area contributed by atoms with E-state index in [0.717, 1.165) is 6.42 Å². The van der Waals surface area contributed by atoms with E-state index in [1.165, 1.54) is 6.20 Å². The molecule has 0 unspecified atom stereocenters. The van der Waals surface area contributed by atoms with Gasteiger partial charge in [0.2, 0.25) is 0 Å². The monoisotopic (exact) mass is 317 g/mol. The van der Waals surface area contributed by atoms with Gasteiger partial charge in [-0.25, -0.2) is 18.1 Å². The summed E-state index contributed by atoms with van der Waals surface area (Å²) in [5.41, 5.74) is 0.545. The molecule has 1 aromatic heterocycles. The number of pyridine rings is 1. The second-order valence-electron chi connectivity index (χ2n) is 5.07. The van der Waals surface area contributed by atoms with E-state index < -0.39 is 10.0 Å². The van der Waals surface area contributed by atoms with Crippen LogP contribution in [0.5, 0.6) is 0 Å². The van der Waals surface area contributed by atoms with Crippen molar-refractivity contribution < 1.29 is 8.42 Å². The first kappa shape index (κ1) is 17.3. The fourth-order valence-electron chi connectivity index (χ4n) is 1.41. The number of nitrogens with one attached hydrogen (secondary N) is 2. The Hall–Kier alpha value is -0.790. The molecule has 0 saturated carbocycles. The molecule has 0 saturated heterocycles. The molecular weight excluding hydrogens is 294 g/mol. The Balaban J connectivity index is 2.92. The summed E-state index contributed by atoms with van der Waals surface area (Å²) < 4.78 is 27.2. The second kappa shape index (κ2) is 7.28. The van der Waals surface area contributed by atoms with Gasteiger partial charge in [0, 0.05) is 24.0 Å². The average Bonchev–Trinajstić information content (AvgIpc) is 2.43. The summed E-state index contributed by atoms with van der Waals surface area (Å²) in [5, 5.41) is 3.15. The fraction of sp³-hybridized carbons (Fsp3) is 0.615. The van der Waals surface area contributed by atoms with Crippen LogP contribution in [0.3, 0.4) is 0 Å². The number of hydrogen-bond acceptors (Lipinski definition) is 5. The number of anilines is 1. The van der Waals surface area contributed by atoms with Crippen molar-refractivity contribution in [2.24, 2.45) is 0 Å². The van der Waals surface area contributed by atoms with Crippen LogP contribution in [-0.4, -0.2) is 37.5 Å². The molecule has 0 fully saturated rings. The van der Waals surface area contributed by atoms with Gasteiger partial charge in [-0.1, -0.05) is 6.92 Å². The molecule has 1 rings (SSSR count). The highest BCUT2D eigenvalue weighted by atomic mass is 32.2. The summed E-state index contributed by atoms with van der Waals surface area (Å²) in [5.74, 6) is 0. The largest absolute Gasteiger partial charge is 0.383 e. The van der Waals surface area contributed by atoms with Crippen LogP contribution in [0.2, 0.25) is 0 Å². The molecule has 0 aliphatic heterocycles. The highest BCUT2D eigenvalue weighted by Crippen LogP contribution is 2.22. The Morgan fingerprint density at radius 2 is 2.10 bits per heavy atom. The van der Waals surface area contributed by atoms with E-state index in [1.54, 1.807) is 23.9 Å². The van der Waals surface area contributed by atoms with Gasteiger partial charge >= 0.3 is 0 Å². The zero-order valence-corrected chi connectivity index (χ0v) is 14.1. The quantitative estimate of drug-likeness (QED) is 0.770. The molecule has 1 heterocycles. The molecule has 0 aliphatic rings. The Morgan fingerprint density at radius 1 is 1.40 bits per heavy atom. The van der Waals surface area contributed by atoms with Gasteiger partial charge in [0.15, 0.2) is 5.03 Å². The maximum atomic E-state index is 12.4. The van der Waals surface area contributed by atoms with Gasteiger partial charge in [0.05, 0.1) is 5.69 Å². The number of sulfonamides is 1. The highest BCUT2D eigenvalue weighted by molar-refractivity contribution is 8.00. The van der Waals surface area contributed by atoms with Crippen LogP contribution in [0, 0.1) is 0 Å². The Labute approximate surface area is 126 Å². The minimum absolute atomic E-state index is 0.0605. The van der Waals surface area contributed by atoms with Crippen molar-refractivity contribution in [1.82, 2.24) is 9.71 Å². The maximum Gasteiger partial charge on any atom is 0.260 e. The van der Waals surface area contributed by atoms with Crippen LogP contribution in [-0.2, 0) is 10.0 Å². The molecule has 20 heavy (non-hydrogen) atoms. The van der Waals surface area contributed by atoms with Crippen molar-refractivity contribution in [3.05, 3.63) is 18.3 Å². The Kier molecular flexibility index (Phi) is 6.29. The van der Waals surface area contributed by atoms with Gasteiger partial charge in [0.1, 0.15) is 0 Å². The van der Waals surface area contributed by atoms with E-state index in [2.05, 4.69) is 15.0 Å². The van der Waals surface area contributed by atoms with Crippen molar-refractivity contribution in [1.29, 1.82) is 0 Å². The highest BCUT2D eigenvalue weighted by Gasteiger charge is 2.24. The number of aromatic nitrogens is 1. The molecule has 0 amide bonds. The molecule has 0 aliphatic carbocycles. The van der Waals surface area contributed by atoms with E-state index in [0.29, 0.717) is 18.8 Å².